The Morgan fingerprint density at radius 1 is 1.16 bits per heavy atom. The zero-order valence-electron chi connectivity index (χ0n) is 16.8. The number of benzene rings is 1. The largest absolute Gasteiger partial charge is 0.449 e. The Hall–Kier alpha value is -2.95. The summed E-state index contributed by atoms with van der Waals surface area (Å²) >= 11 is 0. The van der Waals surface area contributed by atoms with E-state index in [1.807, 2.05) is 0 Å². The number of halogens is 5. The van der Waals surface area contributed by atoms with Gasteiger partial charge in [-0.05, 0) is 30.7 Å². The van der Waals surface area contributed by atoms with Crippen molar-refractivity contribution in [1.29, 1.82) is 0 Å². The van der Waals surface area contributed by atoms with Gasteiger partial charge in [-0.25, -0.2) is 22.0 Å². The van der Waals surface area contributed by atoms with Gasteiger partial charge in [0.1, 0.15) is 11.4 Å². The van der Waals surface area contributed by atoms with Crippen LogP contribution in [0.25, 0.3) is 0 Å². The van der Waals surface area contributed by atoms with E-state index in [1.165, 1.54) is 24.3 Å². The molecule has 3 rings (SSSR count). The first-order chi connectivity index (χ1) is 14.7. The van der Waals surface area contributed by atoms with Gasteiger partial charge in [0.2, 0.25) is 5.76 Å². The summed E-state index contributed by atoms with van der Waals surface area (Å²) in [5.41, 5.74) is -2.46. The highest BCUT2D eigenvalue weighted by Gasteiger charge is 2.52. The van der Waals surface area contributed by atoms with Gasteiger partial charge in [-0.2, -0.15) is 13.2 Å². The van der Waals surface area contributed by atoms with Gasteiger partial charge in [-0.3, -0.25) is 0 Å². The third-order valence-corrected chi connectivity index (χ3v) is 5.99. The second kappa shape index (κ2) is 8.19. The lowest BCUT2D eigenvalue weighted by atomic mass is 9.86. The third kappa shape index (κ3) is 5.09. The first kappa shape index (κ1) is 23.7. The third-order valence-electron chi connectivity index (χ3n) is 4.74. The number of hydrogen-bond acceptors (Lipinski definition) is 5. The molecule has 0 saturated carbocycles. The molecule has 172 valence electrons. The molecule has 2 aliphatic rings. The van der Waals surface area contributed by atoms with Crippen LogP contribution in [-0.2, 0) is 19.4 Å². The van der Waals surface area contributed by atoms with E-state index < -0.39 is 51.4 Å². The van der Waals surface area contributed by atoms with Crippen LogP contribution in [0.1, 0.15) is 19.8 Å². The number of alkyl halides is 3. The molecule has 1 aromatic carbocycles. The zero-order chi connectivity index (χ0) is 23.9. The van der Waals surface area contributed by atoms with Crippen LogP contribution in [-0.4, -0.2) is 32.4 Å². The predicted octanol–water partition coefficient (Wildman–Crippen LogP) is 4.68. The number of carbonyl (C=O) groups excluding carboxylic acids is 1. The molecule has 1 heterocycles. The molecule has 0 saturated heterocycles. The lowest BCUT2D eigenvalue weighted by Crippen LogP contribution is -2.34. The number of rotatable bonds is 5. The molecule has 0 N–H and O–H groups in total. The van der Waals surface area contributed by atoms with Crippen LogP contribution in [0, 0.1) is 11.6 Å². The summed E-state index contributed by atoms with van der Waals surface area (Å²) in [6.45, 7) is 1.04. The van der Waals surface area contributed by atoms with E-state index in [0.717, 1.165) is 25.3 Å². The van der Waals surface area contributed by atoms with E-state index in [1.54, 1.807) is 0 Å². The number of sulfone groups is 1. The van der Waals surface area contributed by atoms with E-state index in [9.17, 15) is 35.2 Å². The molecule has 1 aliphatic heterocycles. The summed E-state index contributed by atoms with van der Waals surface area (Å²) in [4.78, 5) is 12.5. The number of esters is 1. The Bertz CT molecular complexity index is 1190. The maximum absolute atomic E-state index is 13.6. The average Bonchev–Trinajstić information content (AvgIpc) is 2.79. The van der Waals surface area contributed by atoms with Crippen molar-refractivity contribution in [3.8, 4) is 5.75 Å². The Labute approximate surface area is 180 Å². The van der Waals surface area contributed by atoms with Crippen LogP contribution < -0.4 is 4.74 Å². The van der Waals surface area contributed by atoms with Crippen molar-refractivity contribution in [1.82, 2.24) is 0 Å². The number of hydrogen-bond donors (Lipinski definition) is 0. The number of carbonyl (C=O) groups is 1. The van der Waals surface area contributed by atoms with Crippen LogP contribution in [0.15, 0.2) is 64.3 Å². The normalized spacial score (nSPS) is 21.8. The minimum Gasteiger partial charge on any atom is -0.449 e. The summed E-state index contributed by atoms with van der Waals surface area (Å²) < 4.78 is 101. The fraction of sp³-hybridized carbons (Fsp3) is 0.286. The smallest absolute Gasteiger partial charge is 0.393 e. The van der Waals surface area contributed by atoms with Gasteiger partial charge in [0.25, 0.3) is 0 Å². The maximum Gasteiger partial charge on any atom is 0.393 e. The number of ether oxygens (including phenoxy) is 2. The van der Waals surface area contributed by atoms with Crippen LogP contribution in [0.4, 0.5) is 22.0 Å². The molecule has 0 spiro atoms. The predicted molar refractivity (Wildman–Crippen MR) is 104 cm³/mol. The van der Waals surface area contributed by atoms with Crippen molar-refractivity contribution >= 4 is 15.8 Å². The highest BCUT2D eigenvalue weighted by atomic mass is 32.2. The van der Waals surface area contributed by atoms with Crippen LogP contribution in [0.2, 0.25) is 0 Å². The molecule has 5 nitrogen and oxygen atoms in total. The summed E-state index contributed by atoms with van der Waals surface area (Å²) in [6, 6.07) is 2.35. The molecular weight excluding hydrogens is 459 g/mol. The van der Waals surface area contributed by atoms with E-state index in [4.69, 9.17) is 9.47 Å². The van der Waals surface area contributed by atoms with Crippen molar-refractivity contribution in [2.45, 2.75) is 31.5 Å². The topological polar surface area (TPSA) is 69.7 Å². The molecule has 11 heteroatoms. The average molecular weight is 476 g/mol. The van der Waals surface area contributed by atoms with Crippen molar-refractivity contribution in [3.63, 3.8) is 0 Å². The fourth-order valence-electron chi connectivity index (χ4n) is 3.39. The number of allylic oxidation sites excluding steroid dienone is 5. The van der Waals surface area contributed by atoms with Crippen molar-refractivity contribution in [2.24, 2.45) is 0 Å². The van der Waals surface area contributed by atoms with Crippen molar-refractivity contribution < 1.29 is 44.6 Å². The molecular formula is C21H17F5O5S. The molecule has 0 fully saturated rings. The second-order valence-electron chi connectivity index (χ2n) is 7.43. The van der Waals surface area contributed by atoms with Gasteiger partial charge >= 0.3 is 12.1 Å². The molecule has 0 bridgehead atoms. The highest BCUT2D eigenvalue weighted by Crippen LogP contribution is 2.45. The Kier molecular flexibility index (Phi) is 6.07. The molecule has 1 atom stereocenters. The van der Waals surface area contributed by atoms with Gasteiger partial charge in [0, 0.05) is 23.6 Å². The summed E-state index contributed by atoms with van der Waals surface area (Å²) in [7, 11) is -3.57. The van der Waals surface area contributed by atoms with E-state index in [0.29, 0.717) is 6.07 Å². The van der Waals surface area contributed by atoms with Crippen molar-refractivity contribution in [2.75, 3.05) is 6.26 Å². The molecule has 0 amide bonds. The molecule has 0 radical (unpaired) electrons. The summed E-state index contributed by atoms with van der Waals surface area (Å²) in [6.07, 6.45) is -0.126. The molecule has 32 heavy (non-hydrogen) atoms. The van der Waals surface area contributed by atoms with E-state index in [2.05, 4.69) is 0 Å². The Morgan fingerprint density at radius 2 is 1.84 bits per heavy atom. The molecule has 0 aromatic heterocycles. The Balaban J connectivity index is 2.18. The second-order valence-corrected chi connectivity index (χ2v) is 9.50. The minimum atomic E-state index is -4.74. The molecule has 1 aromatic rings. The minimum absolute atomic E-state index is 0.00944. The van der Waals surface area contributed by atoms with Crippen LogP contribution in [0.5, 0.6) is 5.75 Å². The Morgan fingerprint density at radius 3 is 2.44 bits per heavy atom. The highest BCUT2D eigenvalue weighted by molar-refractivity contribution is 7.94. The van der Waals surface area contributed by atoms with Crippen molar-refractivity contribution in [3.05, 3.63) is 75.9 Å². The number of cyclic esters (lactones) is 1. The quantitative estimate of drug-likeness (QED) is 0.456. The summed E-state index contributed by atoms with van der Waals surface area (Å²) in [5, 5.41) is 0. The van der Waals surface area contributed by atoms with Gasteiger partial charge in [-0.1, -0.05) is 18.2 Å². The standard InChI is InChI=1S/C21H17F5O5S/c1-20(11-21(24,25)26)17(12-4-3-5-14(8-6-12)32(2,28)29)18(19(27)31-20)30-13-7-9-15(22)16(23)10-13/h3-4,6-10H,5,11H2,1-2H3/t20-/m1/s1. The van der Waals surface area contributed by atoms with E-state index in [-0.39, 0.29) is 28.2 Å². The zero-order valence-corrected chi connectivity index (χ0v) is 17.6. The maximum atomic E-state index is 13.6. The monoisotopic (exact) mass is 476 g/mol. The van der Waals surface area contributed by atoms with Gasteiger partial charge in [0.05, 0.1) is 12.0 Å². The van der Waals surface area contributed by atoms with Gasteiger partial charge < -0.3 is 9.47 Å². The van der Waals surface area contributed by atoms with Gasteiger partial charge in [-0.15, -0.1) is 0 Å². The first-order valence-electron chi connectivity index (χ1n) is 9.15. The molecule has 0 unspecified atom stereocenters. The van der Waals surface area contributed by atoms with Crippen LogP contribution in [0.3, 0.4) is 0 Å². The first-order valence-corrected chi connectivity index (χ1v) is 11.0. The molecule has 1 aliphatic carbocycles. The van der Waals surface area contributed by atoms with Gasteiger partial charge in [0.15, 0.2) is 21.5 Å². The van der Waals surface area contributed by atoms with E-state index >= 15 is 0 Å². The summed E-state index contributed by atoms with van der Waals surface area (Å²) in [5.74, 6) is -4.69. The lowest BCUT2D eigenvalue weighted by molar-refractivity contribution is -0.178. The van der Waals surface area contributed by atoms with Crippen LogP contribution >= 0.6 is 0 Å². The SMILES string of the molecule is C[C@]1(CC(F)(F)F)OC(=O)C(Oc2ccc(F)c(F)c2)=C1C1=CC=C(S(C)(=O)=O)CC=C1. The lowest BCUT2D eigenvalue weighted by Gasteiger charge is -2.27. The fourth-order valence-corrected chi connectivity index (χ4v) is 4.10.